The van der Waals surface area contributed by atoms with Crippen molar-refractivity contribution in [2.24, 2.45) is 5.41 Å². The highest BCUT2D eigenvalue weighted by atomic mass is 31.2. The molecule has 0 saturated heterocycles. The standard InChI is InChI=1S/C14H30O9P2/c1-5-10(24(18,19)20)7-13(3,12(15)16)8-11(25(21,22)23)9-14(4,17)6-2/h10-11,17H,5-9H2,1-4H3,(H,15,16)(H2,18,19,20)(H2,21,22,23). The third kappa shape index (κ3) is 7.87. The topological polar surface area (TPSA) is 173 Å². The zero-order valence-electron chi connectivity index (χ0n) is 15.0. The molecule has 150 valence electrons. The van der Waals surface area contributed by atoms with Gasteiger partial charge in [0.2, 0.25) is 0 Å². The minimum Gasteiger partial charge on any atom is -0.481 e. The average Bonchev–Trinajstić information content (AvgIpc) is 2.41. The fourth-order valence-corrected chi connectivity index (χ4v) is 5.15. The summed E-state index contributed by atoms with van der Waals surface area (Å²) in [5, 5.41) is 19.7. The first kappa shape index (κ1) is 24.7. The summed E-state index contributed by atoms with van der Waals surface area (Å²) < 4.78 is 23.3. The lowest BCUT2D eigenvalue weighted by Gasteiger charge is -2.35. The summed E-state index contributed by atoms with van der Waals surface area (Å²) in [5.41, 5.74) is -5.80. The second-order valence-electron chi connectivity index (χ2n) is 7.22. The summed E-state index contributed by atoms with van der Waals surface area (Å²) in [6, 6.07) is 0. The third-order valence-corrected chi connectivity index (χ3v) is 7.56. The normalized spacial score (nSPS) is 20.4. The predicted molar refractivity (Wildman–Crippen MR) is 92.5 cm³/mol. The van der Waals surface area contributed by atoms with Crippen molar-refractivity contribution in [1.82, 2.24) is 0 Å². The van der Waals surface area contributed by atoms with Gasteiger partial charge in [-0.15, -0.1) is 0 Å². The third-order valence-electron chi connectivity index (χ3n) is 4.75. The minimum absolute atomic E-state index is 0.0282. The van der Waals surface area contributed by atoms with Crippen LogP contribution in [-0.4, -0.2) is 52.7 Å². The molecule has 0 radical (unpaired) electrons. The van der Waals surface area contributed by atoms with E-state index >= 15 is 0 Å². The Labute approximate surface area is 147 Å². The van der Waals surface area contributed by atoms with Crippen LogP contribution in [0.4, 0.5) is 0 Å². The maximum atomic E-state index is 11.8. The molecule has 0 rings (SSSR count). The Bertz CT molecular complexity index is 551. The first-order chi connectivity index (χ1) is 11.0. The Kier molecular flexibility index (Phi) is 8.52. The van der Waals surface area contributed by atoms with Crippen molar-refractivity contribution in [3.8, 4) is 0 Å². The Morgan fingerprint density at radius 3 is 1.60 bits per heavy atom. The van der Waals surface area contributed by atoms with Gasteiger partial charge in [-0.3, -0.25) is 13.9 Å². The van der Waals surface area contributed by atoms with Gasteiger partial charge in [-0.1, -0.05) is 13.8 Å². The minimum atomic E-state index is -4.73. The van der Waals surface area contributed by atoms with Crippen LogP contribution in [0.2, 0.25) is 0 Å². The van der Waals surface area contributed by atoms with Crippen LogP contribution in [0, 0.1) is 5.41 Å². The van der Waals surface area contributed by atoms with Gasteiger partial charge < -0.3 is 29.8 Å². The van der Waals surface area contributed by atoms with Crippen molar-refractivity contribution in [2.45, 2.75) is 76.7 Å². The molecule has 0 aliphatic rings. The fraction of sp³-hybridized carbons (Fsp3) is 0.929. The SMILES string of the molecule is CCC(CC(C)(CC(CC(C)(O)CC)P(=O)(O)O)C(=O)O)P(=O)(O)O. The predicted octanol–water partition coefficient (Wildman–Crippen LogP) is 1.91. The summed E-state index contributed by atoms with van der Waals surface area (Å²) in [5.74, 6) is -1.39. The molecular formula is C14H30O9P2. The largest absolute Gasteiger partial charge is 0.481 e. The number of aliphatic carboxylic acids is 1. The van der Waals surface area contributed by atoms with Gasteiger partial charge in [0.25, 0.3) is 0 Å². The summed E-state index contributed by atoms with van der Waals surface area (Å²) >= 11 is 0. The molecule has 0 fully saturated rings. The summed E-state index contributed by atoms with van der Waals surface area (Å²) in [6.45, 7) is 5.76. The molecule has 4 atom stereocenters. The maximum absolute atomic E-state index is 11.8. The van der Waals surface area contributed by atoms with Gasteiger partial charge in [0.15, 0.2) is 0 Å². The van der Waals surface area contributed by atoms with Gasteiger partial charge in [-0.25, -0.2) is 0 Å². The van der Waals surface area contributed by atoms with Gasteiger partial charge in [0, 0.05) is 0 Å². The smallest absolute Gasteiger partial charge is 0.328 e. The summed E-state index contributed by atoms with van der Waals surface area (Å²) in [7, 11) is -9.28. The molecule has 6 N–H and O–H groups in total. The number of aliphatic hydroxyl groups is 1. The van der Waals surface area contributed by atoms with E-state index in [2.05, 4.69) is 0 Å². The van der Waals surface area contributed by atoms with Crippen LogP contribution in [0.25, 0.3) is 0 Å². The molecule has 0 saturated carbocycles. The van der Waals surface area contributed by atoms with E-state index < -0.39 is 56.3 Å². The van der Waals surface area contributed by atoms with Crippen molar-refractivity contribution >= 4 is 21.2 Å². The monoisotopic (exact) mass is 404 g/mol. The molecule has 11 heteroatoms. The molecule has 25 heavy (non-hydrogen) atoms. The highest BCUT2D eigenvalue weighted by Crippen LogP contribution is 2.54. The van der Waals surface area contributed by atoms with Gasteiger partial charge in [-0.05, 0) is 46.0 Å². The Balaban J connectivity index is 5.72. The molecule has 4 unspecified atom stereocenters. The van der Waals surface area contributed by atoms with Crippen LogP contribution in [0.15, 0.2) is 0 Å². The molecule has 0 aromatic rings. The highest BCUT2D eigenvalue weighted by Gasteiger charge is 2.46. The highest BCUT2D eigenvalue weighted by molar-refractivity contribution is 7.52. The second-order valence-corrected chi connectivity index (χ2v) is 11.0. The molecule has 0 aliphatic carbocycles. The lowest BCUT2D eigenvalue weighted by molar-refractivity contribution is -0.149. The van der Waals surface area contributed by atoms with Gasteiger partial charge in [0.05, 0.1) is 22.3 Å². The molecule has 0 aromatic carbocycles. The molecule has 0 aliphatic heterocycles. The van der Waals surface area contributed by atoms with E-state index in [1.54, 1.807) is 6.92 Å². The van der Waals surface area contributed by atoms with Crippen LogP contribution >= 0.6 is 15.2 Å². The van der Waals surface area contributed by atoms with E-state index in [1.165, 1.54) is 20.8 Å². The first-order valence-electron chi connectivity index (χ1n) is 8.04. The van der Waals surface area contributed by atoms with Crippen molar-refractivity contribution in [3.05, 3.63) is 0 Å². The zero-order chi connectivity index (χ0) is 20.3. The summed E-state index contributed by atoms with van der Waals surface area (Å²) in [6.07, 6.45) is -0.996. The van der Waals surface area contributed by atoms with Crippen LogP contribution < -0.4 is 0 Å². The van der Waals surface area contributed by atoms with Gasteiger partial charge >= 0.3 is 21.2 Å². The quantitative estimate of drug-likeness (QED) is 0.281. The van der Waals surface area contributed by atoms with E-state index in [9.17, 15) is 43.7 Å². The van der Waals surface area contributed by atoms with Gasteiger partial charge in [0.1, 0.15) is 0 Å². The molecule has 0 bridgehead atoms. The molecule has 0 spiro atoms. The molecule has 0 aromatic heterocycles. The molecule has 0 heterocycles. The van der Waals surface area contributed by atoms with E-state index in [-0.39, 0.29) is 19.3 Å². The number of carboxylic acids is 1. The van der Waals surface area contributed by atoms with Crippen molar-refractivity contribution < 1.29 is 43.7 Å². The second kappa shape index (κ2) is 8.61. The lowest BCUT2D eigenvalue weighted by Crippen LogP contribution is -2.38. The van der Waals surface area contributed by atoms with E-state index in [1.807, 2.05) is 0 Å². The van der Waals surface area contributed by atoms with E-state index in [0.29, 0.717) is 0 Å². The van der Waals surface area contributed by atoms with E-state index in [0.717, 1.165) is 0 Å². The fourth-order valence-electron chi connectivity index (χ4n) is 2.76. The number of hydrogen-bond acceptors (Lipinski definition) is 4. The van der Waals surface area contributed by atoms with Crippen molar-refractivity contribution in [3.63, 3.8) is 0 Å². The van der Waals surface area contributed by atoms with Crippen LogP contribution in [0.1, 0.15) is 59.8 Å². The van der Waals surface area contributed by atoms with Crippen molar-refractivity contribution in [1.29, 1.82) is 0 Å². The number of rotatable bonds is 11. The maximum Gasteiger partial charge on any atom is 0.328 e. The van der Waals surface area contributed by atoms with E-state index in [4.69, 9.17) is 0 Å². The Morgan fingerprint density at radius 2 is 1.32 bits per heavy atom. The number of carbonyl (C=O) groups is 1. The number of hydrogen-bond donors (Lipinski definition) is 6. The zero-order valence-corrected chi connectivity index (χ0v) is 16.8. The first-order valence-corrected chi connectivity index (χ1v) is 11.4. The Hall–Kier alpha value is -0.270. The number of carboxylic acid groups (broad SMARTS) is 1. The van der Waals surface area contributed by atoms with Gasteiger partial charge in [-0.2, -0.15) is 0 Å². The Morgan fingerprint density at radius 1 is 0.920 bits per heavy atom. The molecule has 0 amide bonds. The van der Waals surface area contributed by atoms with Crippen LogP contribution in [-0.2, 0) is 13.9 Å². The van der Waals surface area contributed by atoms with Crippen LogP contribution in [0.3, 0.4) is 0 Å². The molecule has 9 nitrogen and oxygen atoms in total. The lowest BCUT2D eigenvalue weighted by atomic mass is 9.78. The van der Waals surface area contributed by atoms with Crippen LogP contribution in [0.5, 0.6) is 0 Å². The average molecular weight is 404 g/mol. The summed E-state index contributed by atoms with van der Waals surface area (Å²) in [4.78, 5) is 49.6. The van der Waals surface area contributed by atoms with Crippen molar-refractivity contribution in [2.75, 3.05) is 0 Å². The molecular weight excluding hydrogens is 374 g/mol.